The Kier molecular flexibility index (Phi) is 5.25. The molecule has 4 aliphatic carbocycles. The van der Waals surface area contributed by atoms with Gasteiger partial charge in [-0.3, -0.25) is 9.48 Å². The van der Waals surface area contributed by atoms with Crippen LogP contribution in [0.1, 0.15) is 96.7 Å². The zero-order valence-electron chi connectivity index (χ0n) is 22.6. The van der Waals surface area contributed by atoms with E-state index in [-0.39, 0.29) is 27.8 Å². The maximum absolute atomic E-state index is 13.7. The van der Waals surface area contributed by atoms with Crippen molar-refractivity contribution < 1.29 is 9.90 Å². The Morgan fingerprint density at radius 1 is 1.11 bits per heavy atom. The fraction of sp³-hybridized carbons (Fsp3) is 0.793. The van der Waals surface area contributed by atoms with E-state index < -0.39 is 5.60 Å². The molecule has 0 spiro atoms. The highest BCUT2D eigenvalue weighted by Gasteiger charge is 2.69. The van der Waals surface area contributed by atoms with E-state index in [2.05, 4.69) is 32.2 Å². The Balaban J connectivity index is 1.24. The Labute approximate surface area is 215 Å². The Morgan fingerprint density at radius 2 is 1.89 bits per heavy atom. The average Bonchev–Trinajstić information content (AvgIpc) is 3.35. The fourth-order valence-corrected chi connectivity index (χ4v) is 9.90. The van der Waals surface area contributed by atoms with E-state index in [4.69, 9.17) is 16.6 Å². The van der Waals surface area contributed by atoms with Crippen molar-refractivity contribution in [3.8, 4) is 0 Å². The number of fused-ring (bicyclic) bond motifs is 6. The van der Waals surface area contributed by atoms with Crippen molar-refractivity contribution in [1.29, 1.82) is 0 Å². The van der Waals surface area contributed by atoms with Crippen molar-refractivity contribution in [2.24, 2.45) is 40.1 Å². The van der Waals surface area contributed by atoms with E-state index >= 15 is 0 Å². The third kappa shape index (κ3) is 3.34. The number of nitrogens with one attached hydrogen (secondary N) is 1. The molecule has 2 heterocycles. The number of carbonyl (C=O) groups excluding carboxylic acids is 1. The number of rotatable bonds is 3. The molecule has 4 fully saturated rings. The third-order valence-electron chi connectivity index (χ3n) is 11.9. The van der Waals surface area contributed by atoms with E-state index in [0.29, 0.717) is 30.6 Å². The SMILES string of the molecule is CC1=Cc2cn(CC(=O)[C@H]3CC[C@H]4C5(N)CC[C@@]6(N)C[C@](C)(O)CC[C@]6(C)[C@H]5CC[C@]34C)nc2CN1. The fourth-order valence-electron chi connectivity index (χ4n) is 9.90. The molecule has 7 nitrogen and oxygen atoms in total. The molecule has 1 aromatic rings. The second kappa shape index (κ2) is 7.67. The molecule has 0 saturated heterocycles. The first-order valence-corrected chi connectivity index (χ1v) is 14.1. The van der Waals surface area contributed by atoms with Crippen LogP contribution in [0.3, 0.4) is 0 Å². The van der Waals surface area contributed by atoms with Crippen LogP contribution in [0.2, 0.25) is 0 Å². The summed E-state index contributed by atoms with van der Waals surface area (Å²) in [6, 6.07) is 0. The van der Waals surface area contributed by atoms with Crippen LogP contribution in [0.25, 0.3) is 6.08 Å². The van der Waals surface area contributed by atoms with Gasteiger partial charge in [-0.15, -0.1) is 0 Å². The maximum atomic E-state index is 13.7. The molecule has 198 valence electrons. The van der Waals surface area contributed by atoms with Crippen LogP contribution in [0.15, 0.2) is 11.9 Å². The number of allylic oxidation sites excluding steroid dienone is 1. The maximum Gasteiger partial charge on any atom is 0.157 e. The molecule has 0 bridgehead atoms. The number of ketones is 1. The van der Waals surface area contributed by atoms with Gasteiger partial charge in [-0.05, 0) is 100 Å². The van der Waals surface area contributed by atoms with E-state index in [0.717, 1.165) is 74.9 Å². The largest absolute Gasteiger partial charge is 0.390 e. The summed E-state index contributed by atoms with van der Waals surface area (Å²) in [5.41, 5.74) is 16.4. The average molecular weight is 496 g/mol. The summed E-state index contributed by atoms with van der Waals surface area (Å²) >= 11 is 0. The van der Waals surface area contributed by atoms with Crippen LogP contribution in [0, 0.1) is 28.6 Å². The van der Waals surface area contributed by atoms with Crippen molar-refractivity contribution in [1.82, 2.24) is 15.1 Å². The van der Waals surface area contributed by atoms with Gasteiger partial charge in [0.1, 0.15) is 0 Å². The Morgan fingerprint density at radius 3 is 2.67 bits per heavy atom. The summed E-state index contributed by atoms with van der Waals surface area (Å²) in [6.45, 7) is 9.77. The number of nitrogens with two attached hydrogens (primary N) is 2. The van der Waals surface area contributed by atoms with Crippen molar-refractivity contribution in [2.75, 3.05) is 0 Å². The van der Waals surface area contributed by atoms with Gasteiger partial charge in [-0.2, -0.15) is 5.10 Å². The molecule has 5 aliphatic rings. The van der Waals surface area contributed by atoms with Crippen molar-refractivity contribution in [3.05, 3.63) is 23.2 Å². The standard InChI is InChI=1S/C29H45N5O2/c1-18-13-19-15-34(33-21(19)14-32-18)16-22(35)20-5-6-23-26(20,3)8-7-24-27(4)10-9-25(2,36)17-28(27,30)11-12-29(23,24)31/h13,15,20,23-24,32,36H,5-12,14,16-17,30-31H2,1-4H3/t20-,23-,24-,25-,26-,27-,28-,29?/m1/s1. The summed E-state index contributed by atoms with van der Waals surface area (Å²) in [5, 5.41) is 18.9. The molecule has 6 N–H and O–H groups in total. The second-order valence-electron chi connectivity index (χ2n) is 14.0. The number of Topliss-reactive ketones (excluding diaryl/α,β-unsaturated/α-hetero) is 1. The molecule has 7 heteroatoms. The molecule has 0 aromatic carbocycles. The van der Waals surface area contributed by atoms with Crippen LogP contribution in [0.4, 0.5) is 0 Å². The summed E-state index contributed by atoms with van der Waals surface area (Å²) in [6.07, 6.45) is 12.2. The number of nitrogens with zero attached hydrogens (tertiary/aromatic N) is 2. The highest BCUT2D eigenvalue weighted by molar-refractivity contribution is 5.82. The van der Waals surface area contributed by atoms with E-state index in [1.807, 2.05) is 17.8 Å². The molecular weight excluding hydrogens is 450 g/mol. The predicted molar refractivity (Wildman–Crippen MR) is 140 cm³/mol. The summed E-state index contributed by atoms with van der Waals surface area (Å²) in [5.74, 6) is 1.01. The van der Waals surface area contributed by atoms with Gasteiger partial charge >= 0.3 is 0 Å². The first-order valence-electron chi connectivity index (χ1n) is 14.1. The molecule has 0 radical (unpaired) electrons. The van der Waals surface area contributed by atoms with Gasteiger partial charge in [0.25, 0.3) is 0 Å². The molecule has 36 heavy (non-hydrogen) atoms. The number of hydrogen-bond donors (Lipinski definition) is 4. The van der Waals surface area contributed by atoms with Gasteiger partial charge < -0.3 is 21.9 Å². The minimum atomic E-state index is -0.687. The number of aliphatic hydroxyl groups is 1. The normalized spacial score (nSPS) is 47.6. The third-order valence-corrected chi connectivity index (χ3v) is 11.9. The lowest BCUT2D eigenvalue weighted by molar-refractivity contribution is -0.168. The minimum Gasteiger partial charge on any atom is -0.390 e. The molecule has 6 rings (SSSR count). The Bertz CT molecular complexity index is 1120. The van der Waals surface area contributed by atoms with E-state index in [9.17, 15) is 9.90 Å². The molecular formula is C29H45N5O2. The van der Waals surface area contributed by atoms with Crippen LogP contribution in [-0.4, -0.2) is 37.3 Å². The summed E-state index contributed by atoms with van der Waals surface area (Å²) in [4.78, 5) is 13.7. The van der Waals surface area contributed by atoms with Gasteiger partial charge in [-0.25, -0.2) is 0 Å². The van der Waals surface area contributed by atoms with Gasteiger partial charge in [0, 0.05) is 34.5 Å². The zero-order valence-corrected chi connectivity index (χ0v) is 22.6. The van der Waals surface area contributed by atoms with Crippen LogP contribution in [0.5, 0.6) is 0 Å². The van der Waals surface area contributed by atoms with E-state index in [1.165, 1.54) is 0 Å². The van der Waals surface area contributed by atoms with E-state index in [1.54, 1.807) is 0 Å². The van der Waals surface area contributed by atoms with Crippen molar-refractivity contribution in [2.45, 2.75) is 115 Å². The molecule has 1 aromatic heterocycles. The van der Waals surface area contributed by atoms with Crippen LogP contribution < -0.4 is 16.8 Å². The van der Waals surface area contributed by atoms with Crippen molar-refractivity contribution in [3.63, 3.8) is 0 Å². The van der Waals surface area contributed by atoms with Crippen molar-refractivity contribution >= 4 is 11.9 Å². The summed E-state index contributed by atoms with van der Waals surface area (Å²) in [7, 11) is 0. The molecule has 0 amide bonds. The molecule has 4 saturated carbocycles. The van der Waals surface area contributed by atoms with Gasteiger partial charge in [0.05, 0.1) is 24.4 Å². The monoisotopic (exact) mass is 495 g/mol. The predicted octanol–water partition coefficient (Wildman–Crippen LogP) is 3.49. The van der Waals surface area contributed by atoms with Crippen LogP contribution in [-0.2, 0) is 17.9 Å². The minimum absolute atomic E-state index is 0.0324. The first-order chi connectivity index (χ1) is 16.8. The first kappa shape index (κ1) is 24.6. The number of carbonyl (C=O) groups is 1. The molecule has 1 aliphatic heterocycles. The van der Waals surface area contributed by atoms with Gasteiger partial charge in [-0.1, -0.05) is 13.8 Å². The lowest BCUT2D eigenvalue weighted by Gasteiger charge is -2.69. The number of hydrogen-bond acceptors (Lipinski definition) is 6. The lowest BCUT2D eigenvalue weighted by atomic mass is 9.39. The highest BCUT2D eigenvalue weighted by Crippen LogP contribution is 2.69. The lowest BCUT2D eigenvalue weighted by Crippen LogP contribution is -2.75. The number of aromatic nitrogens is 2. The highest BCUT2D eigenvalue weighted by atomic mass is 16.3. The zero-order chi connectivity index (χ0) is 25.7. The second-order valence-corrected chi connectivity index (χ2v) is 14.0. The summed E-state index contributed by atoms with van der Waals surface area (Å²) < 4.78 is 1.85. The molecule has 8 atom stereocenters. The Hall–Kier alpha value is -1.70. The smallest absolute Gasteiger partial charge is 0.157 e. The van der Waals surface area contributed by atoms with Crippen LogP contribution >= 0.6 is 0 Å². The van der Waals surface area contributed by atoms with Gasteiger partial charge in [0.2, 0.25) is 0 Å². The quantitative estimate of drug-likeness (QED) is 0.510. The van der Waals surface area contributed by atoms with Gasteiger partial charge in [0.15, 0.2) is 5.78 Å². The molecule has 1 unspecified atom stereocenters. The topological polar surface area (TPSA) is 119 Å².